The van der Waals surface area contributed by atoms with Crippen molar-refractivity contribution < 1.29 is 22.7 Å². The molecule has 0 saturated heterocycles. The number of benzene rings is 3. The normalized spacial score (nSPS) is 11.9. The molecular weight excluding hydrogens is 561 g/mol. The summed E-state index contributed by atoms with van der Waals surface area (Å²) >= 11 is 12.2. The number of nitrogens with one attached hydrogen (secondary N) is 1. The number of aryl methyl sites for hydroxylation is 1. The van der Waals surface area contributed by atoms with Crippen LogP contribution in [0.2, 0.25) is 10.0 Å². The zero-order valence-electron chi connectivity index (χ0n) is 22.1. The molecule has 2 amide bonds. The van der Waals surface area contributed by atoms with Crippen molar-refractivity contribution in [2.75, 3.05) is 24.5 Å². The van der Waals surface area contributed by atoms with E-state index in [2.05, 4.69) is 5.32 Å². The van der Waals surface area contributed by atoms with Crippen molar-refractivity contribution in [3.63, 3.8) is 0 Å². The molecule has 0 fully saturated rings. The molecule has 0 unspecified atom stereocenters. The number of sulfonamides is 1. The van der Waals surface area contributed by atoms with Crippen molar-refractivity contribution in [2.24, 2.45) is 0 Å². The topological polar surface area (TPSA) is 96.0 Å². The fourth-order valence-corrected chi connectivity index (χ4v) is 5.60. The van der Waals surface area contributed by atoms with Gasteiger partial charge in [-0.15, -0.1) is 0 Å². The molecule has 39 heavy (non-hydrogen) atoms. The van der Waals surface area contributed by atoms with Crippen LogP contribution in [0.3, 0.4) is 0 Å². The fourth-order valence-electron chi connectivity index (χ4n) is 3.87. The summed E-state index contributed by atoms with van der Waals surface area (Å²) in [4.78, 5) is 28.0. The standard InChI is InChI=1S/C28H31Cl2N3O5S/c1-5-31-28(35)20(3)32(17-21-11-14-25(29)26(30)15-21)27(34)18-33(22-7-6-8-23(16-22)38-4)39(36,37)24-12-9-19(2)10-13-24/h6-16,20H,5,17-18H2,1-4H3,(H,31,35)/t20-/m0/s1. The zero-order valence-corrected chi connectivity index (χ0v) is 24.5. The number of carbonyl (C=O) groups excluding carboxylic acids is 2. The van der Waals surface area contributed by atoms with Crippen LogP contribution in [0.15, 0.2) is 71.6 Å². The van der Waals surface area contributed by atoms with E-state index in [1.807, 2.05) is 6.92 Å². The van der Waals surface area contributed by atoms with E-state index in [0.717, 1.165) is 9.87 Å². The largest absolute Gasteiger partial charge is 0.497 e. The maximum absolute atomic E-state index is 13.9. The molecule has 0 aliphatic heterocycles. The third-order valence-corrected chi connectivity index (χ3v) is 8.61. The summed E-state index contributed by atoms with van der Waals surface area (Å²) in [6.07, 6.45) is 0. The van der Waals surface area contributed by atoms with Crippen LogP contribution in [-0.4, -0.2) is 51.4 Å². The fraction of sp³-hybridized carbons (Fsp3) is 0.286. The monoisotopic (exact) mass is 591 g/mol. The summed E-state index contributed by atoms with van der Waals surface area (Å²) < 4.78 is 34.0. The molecule has 0 saturated carbocycles. The van der Waals surface area contributed by atoms with Crippen LogP contribution < -0.4 is 14.4 Å². The van der Waals surface area contributed by atoms with Crippen molar-refractivity contribution in [2.45, 2.75) is 38.3 Å². The molecular formula is C28H31Cl2N3O5S. The maximum Gasteiger partial charge on any atom is 0.264 e. The maximum atomic E-state index is 13.9. The highest BCUT2D eigenvalue weighted by atomic mass is 35.5. The van der Waals surface area contributed by atoms with E-state index in [4.69, 9.17) is 27.9 Å². The lowest BCUT2D eigenvalue weighted by molar-refractivity contribution is -0.139. The minimum Gasteiger partial charge on any atom is -0.497 e. The SMILES string of the molecule is CCNC(=O)[C@H](C)N(Cc1ccc(Cl)c(Cl)c1)C(=O)CN(c1cccc(OC)c1)S(=O)(=O)c1ccc(C)cc1. The molecule has 1 atom stereocenters. The molecule has 0 heterocycles. The zero-order chi connectivity index (χ0) is 28.7. The van der Waals surface area contributed by atoms with Gasteiger partial charge >= 0.3 is 0 Å². The summed E-state index contributed by atoms with van der Waals surface area (Å²) in [5.41, 5.74) is 1.76. The summed E-state index contributed by atoms with van der Waals surface area (Å²) in [5, 5.41) is 3.37. The number of ether oxygens (including phenoxy) is 1. The van der Waals surface area contributed by atoms with Gasteiger partial charge in [-0.1, -0.05) is 53.0 Å². The molecule has 0 aromatic heterocycles. The number of halogens is 2. The van der Waals surface area contributed by atoms with Crippen molar-refractivity contribution in [3.8, 4) is 5.75 Å². The first-order valence-electron chi connectivity index (χ1n) is 12.2. The average Bonchev–Trinajstić information content (AvgIpc) is 2.92. The van der Waals surface area contributed by atoms with E-state index in [1.54, 1.807) is 62.4 Å². The number of likely N-dealkylation sites (N-methyl/N-ethyl adjacent to an activating group) is 1. The molecule has 0 aliphatic rings. The number of anilines is 1. The van der Waals surface area contributed by atoms with Crippen molar-refractivity contribution in [3.05, 3.63) is 87.9 Å². The quantitative estimate of drug-likeness (QED) is 0.336. The van der Waals surface area contributed by atoms with Gasteiger partial charge in [-0.25, -0.2) is 8.42 Å². The second-order valence-electron chi connectivity index (χ2n) is 8.87. The van der Waals surface area contributed by atoms with Crippen molar-refractivity contribution in [1.29, 1.82) is 0 Å². The van der Waals surface area contributed by atoms with Gasteiger partial charge in [0.25, 0.3) is 10.0 Å². The van der Waals surface area contributed by atoms with E-state index in [9.17, 15) is 18.0 Å². The Morgan fingerprint density at radius 3 is 2.31 bits per heavy atom. The van der Waals surface area contributed by atoms with Crippen LogP contribution >= 0.6 is 23.2 Å². The predicted molar refractivity (Wildman–Crippen MR) is 154 cm³/mol. The van der Waals surface area contributed by atoms with E-state index in [0.29, 0.717) is 27.9 Å². The Bertz CT molecular complexity index is 1430. The number of methoxy groups -OCH3 is 1. The predicted octanol–water partition coefficient (Wildman–Crippen LogP) is 5.06. The highest BCUT2D eigenvalue weighted by Crippen LogP contribution is 2.28. The van der Waals surface area contributed by atoms with Gasteiger partial charge in [0.2, 0.25) is 11.8 Å². The van der Waals surface area contributed by atoms with Gasteiger partial charge in [0.1, 0.15) is 18.3 Å². The van der Waals surface area contributed by atoms with Gasteiger partial charge in [-0.05, 0) is 62.7 Å². The molecule has 8 nitrogen and oxygen atoms in total. The number of amides is 2. The molecule has 3 aromatic carbocycles. The number of hydrogen-bond acceptors (Lipinski definition) is 5. The molecule has 1 N–H and O–H groups in total. The summed E-state index contributed by atoms with van der Waals surface area (Å²) in [5.74, 6) is -0.536. The Balaban J connectivity index is 2.06. The van der Waals surface area contributed by atoms with Crippen LogP contribution in [0.4, 0.5) is 5.69 Å². The molecule has 3 rings (SSSR count). The second-order valence-corrected chi connectivity index (χ2v) is 11.5. The molecule has 0 radical (unpaired) electrons. The van der Waals surface area contributed by atoms with Crippen LogP contribution in [0, 0.1) is 6.92 Å². The van der Waals surface area contributed by atoms with E-state index >= 15 is 0 Å². The number of rotatable bonds is 11. The van der Waals surface area contributed by atoms with E-state index in [-0.39, 0.29) is 23.0 Å². The lowest BCUT2D eigenvalue weighted by Crippen LogP contribution is -2.51. The Morgan fingerprint density at radius 1 is 1.00 bits per heavy atom. The van der Waals surface area contributed by atoms with Crippen LogP contribution in [0.25, 0.3) is 0 Å². The van der Waals surface area contributed by atoms with Gasteiger partial charge in [0.05, 0.1) is 27.7 Å². The van der Waals surface area contributed by atoms with Gasteiger partial charge in [0.15, 0.2) is 0 Å². The lowest BCUT2D eigenvalue weighted by Gasteiger charge is -2.32. The van der Waals surface area contributed by atoms with E-state index in [1.165, 1.54) is 30.2 Å². The number of hydrogen-bond donors (Lipinski definition) is 1. The molecule has 0 spiro atoms. The minimum absolute atomic E-state index is 0.00452. The Kier molecular flexibility index (Phi) is 10.2. The van der Waals surface area contributed by atoms with Crippen molar-refractivity contribution >= 4 is 50.7 Å². The van der Waals surface area contributed by atoms with Gasteiger partial charge in [-0.2, -0.15) is 0 Å². The Morgan fingerprint density at radius 2 is 1.69 bits per heavy atom. The highest BCUT2D eigenvalue weighted by Gasteiger charge is 2.32. The molecule has 0 bridgehead atoms. The molecule has 11 heteroatoms. The third kappa shape index (κ3) is 7.44. The van der Waals surface area contributed by atoms with Crippen LogP contribution in [0.5, 0.6) is 5.75 Å². The Hall–Kier alpha value is -3.27. The Labute approximate surface area is 239 Å². The molecule has 208 valence electrons. The summed E-state index contributed by atoms with van der Waals surface area (Å²) in [6, 6.07) is 16.8. The second kappa shape index (κ2) is 13.2. The summed E-state index contributed by atoms with van der Waals surface area (Å²) in [7, 11) is -2.71. The van der Waals surface area contributed by atoms with Crippen LogP contribution in [0.1, 0.15) is 25.0 Å². The van der Waals surface area contributed by atoms with Gasteiger partial charge in [0, 0.05) is 19.2 Å². The first-order valence-corrected chi connectivity index (χ1v) is 14.4. The first kappa shape index (κ1) is 30.3. The van der Waals surface area contributed by atoms with Gasteiger partial charge in [-0.3, -0.25) is 13.9 Å². The molecule has 3 aromatic rings. The lowest BCUT2D eigenvalue weighted by atomic mass is 10.1. The smallest absolute Gasteiger partial charge is 0.264 e. The van der Waals surface area contributed by atoms with Gasteiger partial charge < -0.3 is 15.0 Å². The van der Waals surface area contributed by atoms with E-state index < -0.39 is 28.5 Å². The number of nitrogens with zero attached hydrogens (tertiary/aromatic N) is 2. The minimum atomic E-state index is -4.17. The third-order valence-electron chi connectivity index (χ3n) is 6.08. The first-order chi connectivity index (χ1) is 18.5. The average molecular weight is 593 g/mol. The molecule has 0 aliphatic carbocycles. The van der Waals surface area contributed by atoms with Crippen LogP contribution in [-0.2, 0) is 26.2 Å². The summed E-state index contributed by atoms with van der Waals surface area (Å²) in [6.45, 7) is 5.03. The van der Waals surface area contributed by atoms with Crippen molar-refractivity contribution in [1.82, 2.24) is 10.2 Å². The number of carbonyl (C=O) groups is 2. The highest BCUT2D eigenvalue weighted by molar-refractivity contribution is 7.92.